The Kier molecular flexibility index (Phi) is 4.22. The first-order valence-electron chi connectivity index (χ1n) is 7.24. The van der Waals surface area contributed by atoms with Gasteiger partial charge in [-0.15, -0.1) is 0 Å². The van der Waals surface area contributed by atoms with Crippen molar-refractivity contribution in [1.82, 2.24) is 9.80 Å². The monoisotopic (exact) mass is 284 g/mol. The predicted octanol–water partition coefficient (Wildman–Crippen LogP) is 1.40. The molecule has 2 heterocycles. The third kappa shape index (κ3) is 3.06. The van der Waals surface area contributed by atoms with Crippen molar-refractivity contribution in [3.05, 3.63) is 0 Å². The average molecular weight is 284 g/mol. The third-order valence-electron chi connectivity index (χ3n) is 4.17. The Labute approximate surface area is 119 Å². The van der Waals surface area contributed by atoms with Crippen molar-refractivity contribution in [2.45, 2.75) is 45.8 Å². The minimum Gasteiger partial charge on any atom is -0.481 e. The van der Waals surface area contributed by atoms with Crippen LogP contribution >= 0.6 is 0 Å². The molecule has 0 aromatic rings. The lowest BCUT2D eigenvalue weighted by Gasteiger charge is -2.42. The number of amides is 2. The van der Waals surface area contributed by atoms with Crippen molar-refractivity contribution in [2.75, 3.05) is 26.2 Å². The van der Waals surface area contributed by atoms with Crippen LogP contribution in [0.3, 0.4) is 0 Å². The van der Waals surface area contributed by atoms with Crippen molar-refractivity contribution < 1.29 is 19.4 Å². The van der Waals surface area contributed by atoms with Crippen LogP contribution in [0.1, 0.15) is 33.6 Å². The molecule has 20 heavy (non-hydrogen) atoms. The van der Waals surface area contributed by atoms with Gasteiger partial charge < -0.3 is 19.6 Å². The van der Waals surface area contributed by atoms with Gasteiger partial charge in [0.15, 0.2) is 0 Å². The molecule has 0 radical (unpaired) electrons. The number of likely N-dealkylation sites (tertiary alicyclic amines) is 1. The number of carbonyl (C=O) groups excluding carboxylic acids is 1. The number of morpholine rings is 1. The van der Waals surface area contributed by atoms with Crippen LogP contribution in [-0.4, -0.2) is 65.3 Å². The summed E-state index contributed by atoms with van der Waals surface area (Å²) in [5.74, 6) is -0.821. The molecule has 2 amide bonds. The number of rotatable bonds is 1. The van der Waals surface area contributed by atoms with E-state index < -0.39 is 11.4 Å². The Morgan fingerprint density at radius 2 is 1.80 bits per heavy atom. The Bertz CT molecular complexity index is 391. The standard InChI is InChI=1S/C14H24N2O4/c1-10-7-16(8-11(2)20-10)13(19)15-6-4-5-14(3,9-15)12(17)18/h10-11H,4-9H2,1-3H3,(H,17,18)/t10-,11+,14?. The maximum Gasteiger partial charge on any atom is 0.320 e. The smallest absolute Gasteiger partial charge is 0.320 e. The van der Waals surface area contributed by atoms with Gasteiger partial charge in [-0.3, -0.25) is 4.79 Å². The second-order valence-corrected chi connectivity index (χ2v) is 6.34. The van der Waals surface area contributed by atoms with E-state index in [1.54, 1.807) is 16.7 Å². The number of carboxylic acid groups (broad SMARTS) is 1. The third-order valence-corrected chi connectivity index (χ3v) is 4.17. The number of ether oxygens (including phenoxy) is 1. The summed E-state index contributed by atoms with van der Waals surface area (Å²) in [6, 6.07) is -0.0563. The molecule has 1 unspecified atom stereocenters. The van der Waals surface area contributed by atoms with Crippen LogP contribution in [0.4, 0.5) is 4.79 Å². The van der Waals surface area contributed by atoms with Crippen molar-refractivity contribution in [3.63, 3.8) is 0 Å². The van der Waals surface area contributed by atoms with Gasteiger partial charge in [0, 0.05) is 26.2 Å². The van der Waals surface area contributed by atoms with Gasteiger partial charge in [-0.05, 0) is 33.6 Å². The molecule has 1 N–H and O–H groups in total. The van der Waals surface area contributed by atoms with Gasteiger partial charge in [-0.2, -0.15) is 0 Å². The molecule has 0 aromatic heterocycles. The molecule has 6 heteroatoms. The lowest BCUT2D eigenvalue weighted by Crippen LogP contribution is -2.56. The van der Waals surface area contributed by atoms with E-state index in [2.05, 4.69) is 0 Å². The highest BCUT2D eigenvalue weighted by Gasteiger charge is 2.41. The zero-order valence-electron chi connectivity index (χ0n) is 12.5. The summed E-state index contributed by atoms with van der Waals surface area (Å²) in [4.78, 5) is 27.4. The zero-order chi connectivity index (χ0) is 14.9. The molecule has 0 saturated carbocycles. The molecule has 0 aromatic carbocycles. The summed E-state index contributed by atoms with van der Waals surface area (Å²) in [7, 11) is 0. The number of piperidine rings is 1. The van der Waals surface area contributed by atoms with Crippen molar-refractivity contribution in [1.29, 1.82) is 0 Å². The SMILES string of the molecule is C[C@@H]1CN(C(=O)N2CCCC(C)(C(=O)O)C2)C[C@H](C)O1. The van der Waals surface area contributed by atoms with Crippen LogP contribution in [0, 0.1) is 5.41 Å². The largest absolute Gasteiger partial charge is 0.481 e. The molecule has 114 valence electrons. The van der Waals surface area contributed by atoms with Crippen LogP contribution < -0.4 is 0 Å². The number of hydrogen-bond donors (Lipinski definition) is 1. The Morgan fingerprint density at radius 1 is 1.20 bits per heavy atom. The van der Waals surface area contributed by atoms with Crippen LogP contribution in [0.25, 0.3) is 0 Å². The van der Waals surface area contributed by atoms with E-state index in [0.29, 0.717) is 32.6 Å². The maximum atomic E-state index is 12.6. The molecule has 6 nitrogen and oxygen atoms in total. The summed E-state index contributed by atoms with van der Waals surface area (Å²) >= 11 is 0. The second kappa shape index (κ2) is 5.60. The molecule has 0 bridgehead atoms. The quantitative estimate of drug-likeness (QED) is 0.790. The first kappa shape index (κ1) is 15.1. The van der Waals surface area contributed by atoms with E-state index in [1.807, 2.05) is 13.8 Å². The fourth-order valence-corrected chi connectivity index (χ4v) is 3.11. The lowest BCUT2D eigenvalue weighted by atomic mass is 9.82. The summed E-state index contributed by atoms with van der Waals surface area (Å²) < 4.78 is 5.63. The molecule has 0 spiro atoms. The normalized spacial score (nSPS) is 35.0. The molecule has 3 atom stereocenters. The second-order valence-electron chi connectivity index (χ2n) is 6.34. The Morgan fingerprint density at radius 3 is 2.35 bits per heavy atom. The van der Waals surface area contributed by atoms with Crippen molar-refractivity contribution in [2.24, 2.45) is 5.41 Å². The predicted molar refractivity (Wildman–Crippen MR) is 73.5 cm³/mol. The Hall–Kier alpha value is -1.30. The number of carbonyl (C=O) groups is 2. The van der Waals surface area contributed by atoms with E-state index in [0.717, 1.165) is 6.42 Å². The molecular weight excluding hydrogens is 260 g/mol. The highest BCUT2D eigenvalue weighted by atomic mass is 16.5. The Balaban J connectivity index is 2.03. The number of aliphatic carboxylic acids is 1. The minimum absolute atomic E-state index is 0.0262. The summed E-state index contributed by atoms with van der Waals surface area (Å²) in [6.45, 7) is 7.70. The van der Waals surface area contributed by atoms with E-state index in [9.17, 15) is 14.7 Å². The summed E-state index contributed by atoms with van der Waals surface area (Å²) in [5, 5.41) is 9.32. The van der Waals surface area contributed by atoms with Crippen molar-refractivity contribution in [3.8, 4) is 0 Å². The molecule has 2 aliphatic rings. The topological polar surface area (TPSA) is 70.1 Å². The minimum atomic E-state index is -0.822. The van der Waals surface area contributed by atoms with Crippen LogP contribution in [0.5, 0.6) is 0 Å². The van der Waals surface area contributed by atoms with Gasteiger partial charge >= 0.3 is 12.0 Å². The van der Waals surface area contributed by atoms with Crippen LogP contribution in [0.15, 0.2) is 0 Å². The maximum absolute atomic E-state index is 12.6. The van der Waals surface area contributed by atoms with Crippen LogP contribution in [0.2, 0.25) is 0 Å². The first-order valence-corrected chi connectivity index (χ1v) is 7.24. The fraction of sp³-hybridized carbons (Fsp3) is 0.857. The summed E-state index contributed by atoms with van der Waals surface area (Å²) in [6.07, 6.45) is 1.42. The van der Waals surface area contributed by atoms with Crippen molar-refractivity contribution >= 4 is 12.0 Å². The van der Waals surface area contributed by atoms with Gasteiger partial charge in [0.1, 0.15) is 0 Å². The number of hydrogen-bond acceptors (Lipinski definition) is 3. The molecule has 0 aliphatic carbocycles. The van der Waals surface area contributed by atoms with Gasteiger partial charge in [-0.1, -0.05) is 0 Å². The van der Waals surface area contributed by atoms with E-state index in [1.165, 1.54) is 0 Å². The molecule has 2 saturated heterocycles. The van der Waals surface area contributed by atoms with E-state index in [4.69, 9.17) is 4.74 Å². The highest BCUT2D eigenvalue weighted by molar-refractivity contribution is 5.78. The van der Waals surface area contributed by atoms with Gasteiger partial charge in [0.05, 0.1) is 17.6 Å². The highest BCUT2D eigenvalue weighted by Crippen LogP contribution is 2.30. The molecule has 2 rings (SSSR count). The van der Waals surface area contributed by atoms with Gasteiger partial charge in [-0.25, -0.2) is 4.79 Å². The average Bonchev–Trinajstić information content (AvgIpc) is 2.36. The number of carboxylic acids is 1. The summed E-state index contributed by atoms with van der Waals surface area (Å²) in [5.41, 5.74) is -0.822. The number of nitrogens with zero attached hydrogens (tertiary/aromatic N) is 2. The van der Waals surface area contributed by atoms with E-state index in [-0.39, 0.29) is 18.2 Å². The van der Waals surface area contributed by atoms with Gasteiger partial charge in [0.2, 0.25) is 0 Å². The molecule has 2 fully saturated rings. The molecular formula is C14H24N2O4. The fourth-order valence-electron chi connectivity index (χ4n) is 3.11. The molecule has 2 aliphatic heterocycles. The number of urea groups is 1. The van der Waals surface area contributed by atoms with E-state index >= 15 is 0 Å². The van der Waals surface area contributed by atoms with Crippen LogP contribution in [-0.2, 0) is 9.53 Å². The lowest BCUT2D eigenvalue weighted by molar-refractivity contribution is -0.150. The van der Waals surface area contributed by atoms with Gasteiger partial charge in [0.25, 0.3) is 0 Å². The first-order chi connectivity index (χ1) is 9.32. The zero-order valence-corrected chi connectivity index (χ0v) is 12.5.